The molecule has 2 rings (SSSR count). The van der Waals surface area contributed by atoms with Gasteiger partial charge in [0.1, 0.15) is 0 Å². The third kappa shape index (κ3) is 4.08. The molecule has 5 nitrogen and oxygen atoms in total. The standard InChI is InChI=1S/C14H15ClN2O3/c15-11-3-1-10(2-4-11)12-9-17-14(20-12)6-5-13(19)16-7-8-18/h1-4,9,18H,5-8H2,(H,16,19). The number of amides is 1. The zero-order chi connectivity index (χ0) is 14.4. The SMILES string of the molecule is O=C(CCc1ncc(-c2ccc(Cl)cc2)o1)NCCO. The Morgan fingerprint density at radius 1 is 1.35 bits per heavy atom. The number of oxazole rings is 1. The Kier molecular flexibility index (Phi) is 5.15. The van der Waals surface area contributed by atoms with Crippen LogP contribution < -0.4 is 5.32 Å². The summed E-state index contributed by atoms with van der Waals surface area (Å²) in [5.41, 5.74) is 0.887. The molecule has 1 heterocycles. The molecule has 106 valence electrons. The molecule has 0 radical (unpaired) electrons. The van der Waals surface area contributed by atoms with Gasteiger partial charge in [0.25, 0.3) is 0 Å². The normalized spacial score (nSPS) is 10.5. The van der Waals surface area contributed by atoms with E-state index in [0.717, 1.165) is 5.56 Å². The highest BCUT2D eigenvalue weighted by Gasteiger charge is 2.08. The van der Waals surface area contributed by atoms with Gasteiger partial charge in [-0.25, -0.2) is 4.98 Å². The number of hydrogen-bond donors (Lipinski definition) is 2. The van der Waals surface area contributed by atoms with Gasteiger partial charge in [0.05, 0.1) is 12.8 Å². The Balaban J connectivity index is 1.92. The minimum Gasteiger partial charge on any atom is -0.441 e. The summed E-state index contributed by atoms with van der Waals surface area (Å²) < 4.78 is 5.58. The van der Waals surface area contributed by atoms with Crippen LogP contribution in [0.4, 0.5) is 0 Å². The van der Waals surface area contributed by atoms with Crippen molar-refractivity contribution in [1.29, 1.82) is 0 Å². The minimum atomic E-state index is -0.134. The van der Waals surface area contributed by atoms with Gasteiger partial charge in [0, 0.05) is 30.0 Å². The molecule has 0 saturated carbocycles. The van der Waals surface area contributed by atoms with Crippen molar-refractivity contribution < 1.29 is 14.3 Å². The number of nitrogens with zero attached hydrogens (tertiary/aromatic N) is 1. The molecule has 0 aliphatic rings. The maximum Gasteiger partial charge on any atom is 0.220 e. The van der Waals surface area contributed by atoms with Gasteiger partial charge >= 0.3 is 0 Å². The number of nitrogens with one attached hydrogen (secondary N) is 1. The van der Waals surface area contributed by atoms with E-state index < -0.39 is 0 Å². The number of aromatic nitrogens is 1. The van der Waals surface area contributed by atoms with Gasteiger partial charge in [-0.1, -0.05) is 11.6 Å². The summed E-state index contributed by atoms with van der Waals surface area (Å²) in [5, 5.41) is 11.8. The first-order valence-electron chi connectivity index (χ1n) is 6.27. The van der Waals surface area contributed by atoms with Crippen molar-refractivity contribution >= 4 is 17.5 Å². The van der Waals surface area contributed by atoms with Gasteiger partial charge in [0.15, 0.2) is 11.7 Å². The number of halogens is 1. The van der Waals surface area contributed by atoms with Crippen LogP contribution in [0.25, 0.3) is 11.3 Å². The van der Waals surface area contributed by atoms with Crippen LogP contribution in [-0.4, -0.2) is 29.1 Å². The molecule has 0 aliphatic carbocycles. The first kappa shape index (κ1) is 14.6. The Labute approximate surface area is 121 Å². The smallest absolute Gasteiger partial charge is 0.220 e. The highest BCUT2D eigenvalue weighted by Crippen LogP contribution is 2.22. The molecule has 0 spiro atoms. The summed E-state index contributed by atoms with van der Waals surface area (Å²) >= 11 is 5.82. The lowest BCUT2D eigenvalue weighted by molar-refractivity contribution is -0.121. The fourth-order valence-electron chi connectivity index (χ4n) is 1.68. The molecule has 1 aromatic carbocycles. The van der Waals surface area contributed by atoms with Gasteiger partial charge < -0.3 is 14.8 Å². The molecule has 1 amide bonds. The predicted octanol–water partition coefficient (Wildman–Crippen LogP) is 2.04. The number of aliphatic hydroxyl groups is 1. The van der Waals surface area contributed by atoms with Crippen molar-refractivity contribution in [3.8, 4) is 11.3 Å². The van der Waals surface area contributed by atoms with Gasteiger partial charge in [-0.3, -0.25) is 4.79 Å². The third-order valence-corrected chi connectivity index (χ3v) is 2.93. The van der Waals surface area contributed by atoms with Crippen molar-refractivity contribution in [3.05, 3.63) is 41.4 Å². The summed E-state index contributed by atoms with van der Waals surface area (Å²) in [4.78, 5) is 15.5. The number of carbonyl (C=O) groups is 1. The van der Waals surface area contributed by atoms with Crippen molar-refractivity contribution in [2.75, 3.05) is 13.2 Å². The number of rotatable bonds is 6. The second kappa shape index (κ2) is 7.07. The number of hydrogen-bond acceptors (Lipinski definition) is 4. The van der Waals surface area contributed by atoms with Crippen LogP contribution in [0.15, 0.2) is 34.9 Å². The second-order valence-electron chi connectivity index (χ2n) is 4.20. The molecule has 2 N–H and O–H groups in total. The Morgan fingerprint density at radius 2 is 2.10 bits per heavy atom. The van der Waals surface area contributed by atoms with E-state index in [0.29, 0.717) is 23.1 Å². The van der Waals surface area contributed by atoms with Crippen LogP contribution in [0.2, 0.25) is 5.02 Å². The molecular formula is C14H15ClN2O3. The first-order chi connectivity index (χ1) is 9.69. The van der Waals surface area contributed by atoms with Crippen LogP contribution in [0.3, 0.4) is 0 Å². The third-order valence-electron chi connectivity index (χ3n) is 2.68. The van der Waals surface area contributed by atoms with Crippen LogP contribution in [-0.2, 0) is 11.2 Å². The number of carbonyl (C=O) groups excluding carboxylic acids is 1. The molecule has 2 aromatic rings. The number of aryl methyl sites for hydroxylation is 1. The lowest BCUT2D eigenvalue weighted by atomic mass is 10.2. The van der Waals surface area contributed by atoms with E-state index in [9.17, 15) is 4.79 Å². The minimum absolute atomic E-state index is 0.0640. The van der Waals surface area contributed by atoms with Gasteiger partial charge in [0.2, 0.25) is 5.91 Å². The van der Waals surface area contributed by atoms with Gasteiger partial charge in [-0.15, -0.1) is 0 Å². The van der Waals surface area contributed by atoms with E-state index in [4.69, 9.17) is 21.1 Å². The fourth-order valence-corrected chi connectivity index (χ4v) is 1.80. The average Bonchev–Trinajstić information content (AvgIpc) is 2.92. The molecule has 1 aromatic heterocycles. The quantitative estimate of drug-likeness (QED) is 0.855. The Bertz CT molecular complexity index is 566. The van der Waals surface area contributed by atoms with Gasteiger partial charge in [-0.05, 0) is 24.3 Å². The zero-order valence-electron chi connectivity index (χ0n) is 10.8. The first-order valence-corrected chi connectivity index (χ1v) is 6.65. The molecule has 0 aliphatic heterocycles. The Morgan fingerprint density at radius 3 is 2.80 bits per heavy atom. The van der Waals surface area contributed by atoms with Crippen LogP contribution in [0.1, 0.15) is 12.3 Å². The Hall–Kier alpha value is -1.85. The predicted molar refractivity (Wildman–Crippen MR) is 75.4 cm³/mol. The maximum absolute atomic E-state index is 11.4. The monoisotopic (exact) mass is 294 g/mol. The molecule has 0 bridgehead atoms. The number of benzene rings is 1. The molecular weight excluding hydrogens is 280 g/mol. The fraction of sp³-hybridized carbons (Fsp3) is 0.286. The van der Waals surface area contributed by atoms with E-state index in [2.05, 4.69) is 10.3 Å². The summed E-state index contributed by atoms with van der Waals surface area (Å²) in [6.45, 7) is 0.200. The van der Waals surface area contributed by atoms with Crippen molar-refractivity contribution in [2.45, 2.75) is 12.8 Å². The maximum atomic E-state index is 11.4. The van der Waals surface area contributed by atoms with Crippen LogP contribution >= 0.6 is 11.6 Å². The highest BCUT2D eigenvalue weighted by molar-refractivity contribution is 6.30. The van der Waals surface area contributed by atoms with E-state index >= 15 is 0 Å². The molecule has 20 heavy (non-hydrogen) atoms. The molecule has 0 atom stereocenters. The highest BCUT2D eigenvalue weighted by atomic mass is 35.5. The summed E-state index contributed by atoms with van der Waals surface area (Å²) in [6.07, 6.45) is 2.33. The molecule has 0 saturated heterocycles. The van der Waals surface area contributed by atoms with Crippen LogP contribution in [0, 0.1) is 0 Å². The zero-order valence-corrected chi connectivity index (χ0v) is 11.6. The second-order valence-corrected chi connectivity index (χ2v) is 4.64. The van der Waals surface area contributed by atoms with E-state index in [1.807, 2.05) is 12.1 Å². The molecule has 0 unspecified atom stereocenters. The summed E-state index contributed by atoms with van der Waals surface area (Å²) in [6, 6.07) is 7.25. The topological polar surface area (TPSA) is 75.4 Å². The van der Waals surface area contributed by atoms with Crippen LogP contribution in [0.5, 0.6) is 0 Å². The van der Waals surface area contributed by atoms with E-state index in [1.54, 1.807) is 18.3 Å². The van der Waals surface area contributed by atoms with E-state index in [-0.39, 0.29) is 25.5 Å². The van der Waals surface area contributed by atoms with Gasteiger partial charge in [-0.2, -0.15) is 0 Å². The number of aliphatic hydroxyl groups excluding tert-OH is 1. The largest absolute Gasteiger partial charge is 0.441 e. The van der Waals surface area contributed by atoms with Crippen molar-refractivity contribution in [2.24, 2.45) is 0 Å². The van der Waals surface area contributed by atoms with E-state index in [1.165, 1.54) is 0 Å². The lowest BCUT2D eigenvalue weighted by Crippen LogP contribution is -2.26. The summed E-state index contributed by atoms with van der Waals surface area (Å²) in [7, 11) is 0. The lowest BCUT2D eigenvalue weighted by Gasteiger charge is -2.00. The average molecular weight is 295 g/mol. The molecule has 0 fully saturated rings. The van der Waals surface area contributed by atoms with Crippen molar-refractivity contribution in [1.82, 2.24) is 10.3 Å². The van der Waals surface area contributed by atoms with Crippen molar-refractivity contribution in [3.63, 3.8) is 0 Å². The molecule has 6 heteroatoms. The summed E-state index contributed by atoms with van der Waals surface area (Å²) in [5.74, 6) is 1.02.